The Labute approximate surface area is 116 Å². The number of hydrogen-bond acceptors (Lipinski definition) is 4. The van der Waals surface area contributed by atoms with Gasteiger partial charge in [0.2, 0.25) is 10.0 Å². The normalized spacial score (nSPS) is 11.6. The summed E-state index contributed by atoms with van der Waals surface area (Å²) in [4.78, 5) is -0.115. The zero-order chi connectivity index (χ0) is 13.6. The van der Waals surface area contributed by atoms with Crippen LogP contribution in [0, 0.1) is 0 Å². The first kappa shape index (κ1) is 18.2. The maximum absolute atomic E-state index is 12.1. The van der Waals surface area contributed by atoms with Crippen molar-refractivity contribution in [3.63, 3.8) is 0 Å². The molecule has 0 aliphatic heterocycles. The lowest BCUT2D eigenvalue weighted by atomic mass is 10.3. The number of halogens is 3. The van der Waals surface area contributed by atoms with E-state index in [1.165, 1.54) is 0 Å². The Bertz CT molecular complexity index is 467. The van der Waals surface area contributed by atoms with E-state index in [1.807, 2.05) is 0 Å². The lowest BCUT2D eigenvalue weighted by molar-refractivity contribution is 0.121. The third-order valence-corrected chi connectivity index (χ3v) is 3.58. The monoisotopic (exact) mass is 318 g/mol. The average molecular weight is 319 g/mol. The van der Waals surface area contributed by atoms with E-state index in [-0.39, 0.29) is 23.8 Å². The van der Waals surface area contributed by atoms with Crippen LogP contribution in [0.25, 0.3) is 0 Å². The quantitative estimate of drug-likeness (QED) is 0.686. The fraction of sp³-hybridized carbons (Fsp3) is 0.667. The largest absolute Gasteiger partial charge is 0.330 e. The van der Waals surface area contributed by atoms with Crippen LogP contribution in [-0.2, 0) is 16.6 Å². The standard InChI is InChI=1S/C9H16F2N4O2S.ClH/c10-9(11)7-15-6-8(5-13-15)18(16,17)14-4-2-1-3-12;/h5-6,9,14H,1-4,7,12H2;1H. The number of rotatable bonds is 8. The number of sulfonamides is 1. The molecule has 0 unspecified atom stereocenters. The van der Waals surface area contributed by atoms with E-state index < -0.39 is 23.0 Å². The van der Waals surface area contributed by atoms with Gasteiger partial charge in [0.05, 0.1) is 6.20 Å². The predicted octanol–water partition coefficient (Wildman–Crippen LogP) is 0.587. The second kappa shape index (κ2) is 8.41. The summed E-state index contributed by atoms with van der Waals surface area (Å²) in [7, 11) is -3.67. The number of alkyl halides is 2. The van der Waals surface area contributed by atoms with E-state index in [4.69, 9.17) is 5.73 Å². The van der Waals surface area contributed by atoms with Crippen molar-refractivity contribution in [1.82, 2.24) is 14.5 Å². The molecule has 6 nitrogen and oxygen atoms in total. The summed E-state index contributed by atoms with van der Waals surface area (Å²) in [5.41, 5.74) is 5.28. The van der Waals surface area contributed by atoms with Gasteiger partial charge in [-0.3, -0.25) is 4.68 Å². The molecule has 0 spiro atoms. The van der Waals surface area contributed by atoms with Crippen LogP contribution in [-0.4, -0.2) is 37.7 Å². The van der Waals surface area contributed by atoms with Gasteiger partial charge in [0.25, 0.3) is 6.43 Å². The Morgan fingerprint density at radius 1 is 1.42 bits per heavy atom. The van der Waals surface area contributed by atoms with E-state index in [2.05, 4.69) is 9.82 Å². The average Bonchev–Trinajstić information content (AvgIpc) is 2.73. The molecule has 1 rings (SSSR count). The van der Waals surface area contributed by atoms with Gasteiger partial charge < -0.3 is 5.73 Å². The molecular formula is C9H17ClF2N4O2S. The highest BCUT2D eigenvalue weighted by atomic mass is 35.5. The molecular weight excluding hydrogens is 302 g/mol. The van der Waals surface area contributed by atoms with Crippen molar-refractivity contribution in [3.05, 3.63) is 12.4 Å². The molecule has 0 amide bonds. The molecule has 0 saturated heterocycles. The number of hydrogen-bond donors (Lipinski definition) is 2. The van der Waals surface area contributed by atoms with Crippen LogP contribution in [0.1, 0.15) is 12.8 Å². The Morgan fingerprint density at radius 2 is 2.11 bits per heavy atom. The third-order valence-electron chi connectivity index (χ3n) is 2.17. The molecule has 0 atom stereocenters. The van der Waals surface area contributed by atoms with E-state index >= 15 is 0 Å². The van der Waals surface area contributed by atoms with Gasteiger partial charge in [0.1, 0.15) is 11.4 Å². The fourth-order valence-corrected chi connectivity index (χ4v) is 2.31. The van der Waals surface area contributed by atoms with Crippen molar-refractivity contribution in [2.45, 2.75) is 30.7 Å². The molecule has 1 aromatic rings. The Hall–Kier alpha value is -0.770. The minimum absolute atomic E-state index is 0. The predicted molar refractivity (Wildman–Crippen MR) is 69.0 cm³/mol. The first-order chi connectivity index (χ1) is 8.45. The SMILES string of the molecule is Cl.NCCCCNS(=O)(=O)c1cnn(CC(F)F)c1. The topological polar surface area (TPSA) is 90.0 Å². The first-order valence-electron chi connectivity index (χ1n) is 5.46. The number of nitrogens with zero attached hydrogens (tertiary/aromatic N) is 2. The second-order valence-corrected chi connectivity index (χ2v) is 5.45. The number of unbranched alkanes of at least 4 members (excludes halogenated alkanes) is 1. The van der Waals surface area contributed by atoms with E-state index in [0.717, 1.165) is 17.1 Å². The zero-order valence-electron chi connectivity index (χ0n) is 10.1. The van der Waals surface area contributed by atoms with Crippen LogP contribution >= 0.6 is 12.4 Å². The minimum atomic E-state index is -3.67. The van der Waals surface area contributed by atoms with Gasteiger partial charge in [-0.25, -0.2) is 21.9 Å². The van der Waals surface area contributed by atoms with Crippen LogP contribution in [0.15, 0.2) is 17.3 Å². The highest BCUT2D eigenvalue weighted by Gasteiger charge is 2.16. The molecule has 0 fully saturated rings. The summed E-state index contributed by atoms with van der Waals surface area (Å²) in [5.74, 6) is 0. The van der Waals surface area contributed by atoms with Gasteiger partial charge in [0.15, 0.2) is 0 Å². The van der Waals surface area contributed by atoms with Crippen molar-refractivity contribution < 1.29 is 17.2 Å². The zero-order valence-corrected chi connectivity index (χ0v) is 11.8. The van der Waals surface area contributed by atoms with Crippen molar-refractivity contribution in [2.24, 2.45) is 5.73 Å². The maximum Gasteiger partial charge on any atom is 0.257 e. The molecule has 0 radical (unpaired) electrons. The minimum Gasteiger partial charge on any atom is -0.330 e. The molecule has 1 aromatic heterocycles. The Balaban J connectivity index is 0.00000324. The molecule has 3 N–H and O–H groups in total. The van der Waals surface area contributed by atoms with Crippen LogP contribution in [0.5, 0.6) is 0 Å². The van der Waals surface area contributed by atoms with Crippen molar-refractivity contribution in [2.75, 3.05) is 13.1 Å². The van der Waals surface area contributed by atoms with E-state index in [9.17, 15) is 17.2 Å². The van der Waals surface area contributed by atoms with Crippen molar-refractivity contribution in [3.8, 4) is 0 Å². The van der Waals surface area contributed by atoms with Gasteiger partial charge in [-0.15, -0.1) is 12.4 Å². The van der Waals surface area contributed by atoms with Crippen molar-refractivity contribution >= 4 is 22.4 Å². The van der Waals surface area contributed by atoms with Crippen molar-refractivity contribution in [1.29, 1.82) is 0 Å². The first-order valence-corrected chi connectivity index (χ1v) is 6.94. The molecule has 0 saturated carbocycles. The number of nitrogens with two attached hydrogens (primary N) is 1. The lowest BCUT2D eigenvalue weighted by Crippen LogP contribution is -2.25. The van der Waals surface area contributed by atoms with Gasteiger partial charge >= 0.3 is 0 Å². The molecule has 0 aliphatic rings. The van der Waals surface area contributed by atoms with Gasteiger partial charge in [-0.1, -0.05) is 0 Å². The summed E-state index contributed by atoms with van der Waals surface area (Å²) in [6.45, 7) is 0.135. The molecule has 0 bridgehead atoms. The van der Waals surface area contributed by atoms with Gasteiger partial charge in [-0.2, -0.15) is 5.10 Å². The molecule has 0 aromatic carbocycles. The number of aromatic nitrogens is 2. The smallest absolute Gasteiger partial charge is 0.257 e. The molecule has 19 heavy (non-hydrogen) atoms. The third kappa shape index (κ3) is 6.28. The van der Waals surface area contributed by atoms with Crippen LogP contribution in [0.3, 0.4) is 0 Å². The highest BCUT2D eigenvalue weighted by Crippen LogP contribution is 2.08. The highest BCUT2D eigenvalue weighted by molar-refractivity contribution is 7.89. The fourth-order valence-electron chi connectivity index (χ4n) is 1.28. The number of nitrogens with one attached hydrogen (secondary N) is 1. The molecule has 0 aliphatic carbocycles. The Kier molecular flexibility index (Phi) is 8.07. The van der Waals surface area contributed by atoms with Crippen LogP contribution in [0.2, 0.25) is 0 Å². The summed E-state index contributed by atoms with van der Waals surface area (Å²) in [5, 5.41) is 3.56. The van der Waals surface area contributed by atoms with Gasteiger partial charge in [0, 0.05) is 12.7 Å². The lowest BCUT2D eigenvalue weighted by Gasteiger charge is -2.03. The second-order valence-electron chi connectivity index (χ2n) is 3.68. The van der Waals surface area contributed by atoms with E-state index in [1.54, 1.807) is 0 Å². The van der Waals surface area contributed by atoms with E-state index in [0.29, 0.717) is 19.4 Å². The summed E-state index contributed by atoms with van der Waals surface area (Å²) in [6, 6.07) is 0. The summed E-state index contributed by atoms with van der Waals surface area (Å²) >= 11 is 0. The Morgan fingerprint density at radius 3 is 2.68 bits per heavy atom. The summed E-state index contributed by atoms with van der Waals surface area (Å²) < 4.78 is 50.8. The van der Waals surface area contributed by atoms with Crippen LogP contribution < -0.4 is 10.5 Å². The van der Waals surface area contributed by atoms with Gasteiger partial charge in [-0.05, 0) is 19.4 Å². The molecule has 112 valence electrons. The molecule has 10 heteroatoms. The maximum atomic E-state index is 12.1. The molecule has 1 heterocycles. The summed E-state index contributed by atoms with van der Waals surface area (Å²) in [6.07, 6.45) is 0.900. The van der Waals surface area contributed by atoms with Crippen LogP contribution in [0.4, 0.5) is 8.78 Å².